The van der Waals surface area contributed by atoms with Gasteiger partial charge in [-0.05, 0) is 34.1 Å². The lowest BCUT2D eigenvalue weighted by atomic mass is 9.89. The molecule has 238 valence electrons. The molecule has 0 unspecified atom stereocenters. The summed E-state index contributed by atoms with van der Waals surface area (Å²) in [7, 11) is -7.96. The summed E-state index contributed by atoms with van der Waals surface area (Å²) in [5.74, 6) is -46.9. The van der Waals surface area contributed by atoms with E-state index in [2.05, 4.69) is 27.7 Å². The van der Waals surface area contributed by atoms with Crippen molar-refractivity contribution in [2.75, 3.05) is 26.2 Å². The lowest BCUT2D eigenvalue weighted by Gasteiger charge is -2.42. The average Bonchev–Trinajstić information content (AvgIpc) is 2.80. The van der Waals surface area contributed by atoms with Crippen molar-refractivity contribution in [2.24, 2.45) is 0 Å². The summed E-state index contributed by atoms with van der Waals surface area (Å²) in [5.41, 5.74) is 0. The van der Waals surface area contributed by atoms with E-state index in [9.17, 15) is 74.4 Å². The molecular formula is C20H31F14NO3S. The predicted molar refractivity (Wildman–Crippen MR) is 111 cm³/mol. The Kier molecular flexibility index (Phi) is 13.2. The van der Waals surface area contributed by atoms with E-state index in [0.29, 0.717) is 0 Å². The highest BCUT2D eigenvalue weighted by Gasteiger charge is 2.93. The van der Waals surface area contributed by atoms with E-state index in [1.165, 1.54) is 37.6 Å². The quantitative estimate of drug-likeness (QED) is 0.0820. The smallest absolute Gasteiger partial charge is 0.402 e. The van der Waals surface area contributed by atoms with Crippen LogP contribution in [0.3, 0.4) is 0 Å². The van der Waals surface area contributed by atoms with Gasteiger partial charge in [0.05, 0.1) is 26.2 Å². The van der Waals surface area contributed by atoms with E-state index < -0.39 is 63.7 Å². The highest BCUT2D eigenvalue weighted by Crippen LogP contribution is 2.63. The zero-order valence-electron chi connectivity index (χ0n) is 21.5. The van der Waals surface area contributed by atoms with Crippen LogP contribution in [-0.2, 0) is 10.1 Å². The van der Waals surface area contributed by atoms with Crippen molar-refractivity contribution in [1.29, 1.82) is 0 Å². The summed E-state index contributed by atoms with van der Waals surface area (Å²) in [6, 6.07) is 0. The van der Waals surface area contributed by atoms with E-state index >= 15 is 0 Å². The second-order valence-electron chi connectivity index (χ2n) is 8.61. The van der Waals surface area contributed by atoms with Crippen molar-refractivity contribution in [3.05, 3.63) is 0 Å². The van der Waals surface area contributed by atoms with Crippen LogP contribution in [0.2, 0.25) is 0 Å². The molecule has 0 fully saturated rings. The minimum atomic E-state index is -8.42. The third-order valence-corrected chi connectivity index (χ3v) is 7.38. The maximum Gasteiger partial charge on any atom is 0.402 e. The molecule has 39 heavy (non-hydrogen) atoms. The molecule has 0 atom stereocenters. The number of hydrogen-bond acceptors (Lipinski definition) is 3. The maximum atomic E-state index is 13.4. The highest BCUT2D eigenvalue weighted by molar-refractivity contribution is 7.86. The predicted octanol–water partition coefficient (Wildman–Crippen LogP) is 7.40. The first-order valence-corrected chi connectivity index (χ1v) is 12.9. The fraction of sp³-hybridized carbons (Fsp3) is 1.00. The van der Waals surface area contributed by atoms with Crippen LogP contribution < -0.4 is 0 Å². The SMILES string of the molecule is CCCCCC(F)(F)C(F)(F)C(F)(F)C(F)(F)C(F)(F)C(F)(F)C(F)(F)S(=O)(=O)[O-].CC[N+](CC)(CC)CC. The zero-order chi connectivity index (χ0) is 32.2. The van der Waals surface area contributed by atoms with Crippen molar-refractivity contribution in [1.82, 2.24) is 0 Å². The fourth-order valence-electron chi connectivity index (χ4n) is 3.26. The van der Waals surface area contributed by atoms with Crippen LogP contribution >= 0.6 is 0 Å². The van der Waals surface area contributed by atoms with Gasteiger partial charge in [-0.15, -0.1) is 0 Å². The van der Waals surface area contributed by atoms with Gasteiger partial charge in [-0.3, -0.25) is 0 Å². The Morgan fingerprint density at radius 2 is 0.846 bits per heavy atom. The Morgan fingerprint density at radius 1 is 0.538 bits per heavy atom. The molecule has 0 aliphatic heterocycles. The van der Waals surface area contributed by atoms with Crippen molar-refractivity contribution >= 4 is 10.1 Å². The zero-order valence-corrected chi connectivity index (χ0v) is 22.3. The largest absolute Gasteiger partial charge is 0.743 e. The van der Waals surface area contributed by atoms with E-state index in [0.717, 1.165) is 0 Å². The standard InChI is InChI=1S/C12H12F14O3S.C8H20N/c1-2-3-4-5-6(13,14)7(15,16)8(17,18)9(19,20)10(21,22)11(23,24)12(25,26)30(27,28)29;1-5-9(6-2,7-3)8-4/h2-5H2,1H3,(H,27,28,29);5-8H2,1-4H3/q;+1/p-1. The van der Waals surface area contributed by atoms with Gasteiger partial charge in [0.2, 0.25) is 0 Å². The van der Waals surface area contributed by atoms with E-state index in [-0.39, 0.29) is 12.8 Å². The first kappa shape index (κ1) is 40.0. The van der Waals surface area contributed by atoms with E-state index in [4.69, 9.17) is 0 Å². The Morgan fingerprint density at radius 3 is 1.10 bits per heavy atom. The Balaban J connectivity index is 0. The molecule has 19 heteroatoms. The van der Waals surface area contributed by atoms with E-state index in [1.54, 1.807) is 0 Å². The highest BCUT2D eigenvalue weighted by atomic mass is 32.2. The molecule has 0 aromatic rings. The van der Waals surface area contributed by atoms with Crippen LogP contribution in [0, 0.1) is 0 Å². The third-order valence-electron chi connectivity index (χ3n) is 6.49. The first-order valence-electron chi connectivity index (χ1n) is 11.5. The van der Waals surface area contributed by atoms with Crippen LogP contribution in [0.1, 0.15) is 60.3 Å². The van der Waals surface area contributed by atoms with Crippen molar-refractivity contribution in [3.8, 4) is 0 Å². The van der Waals surface area contributed by atoms with Crippen molar-refractivity contribution in [3.63, 3.8) is 0 Å². The van der Waals surface area contributed by atoms with Gasteiger partial charge in [0, 0.05) is 6.42 Å². The van der Waals surface area contributed by atoms with Gasteiger partial charge < -0.3 is 9.04 Å². The Labute approximate surface area is 217 Å². The van der Waals surface area contributed by atoms with Gasteiger partial charge in [-0.25, -0.2) is 8.42 Å². The molecule has 0 N–H and O–H groups in total. The van der Waals surface area contributed by atoms with Gasteiger partial charge in [-0.1, -0.05) is 19.8 Å². The van der Waals surface area contributed by atoms with Gasteiger partial charge in [0.25, 0.3) is 0 Å². The van der Waals surface area contributed by atoms with Gasteiger partial charge in [-0.2, -0.15) is 61.5 Å². The molecule has 0 saturated carbocycles. The number of quaternary nitrogens is 1. The molecule has 0 amide bonds. The first-order chi connectivity index (χ1) is 17.1. The van der Waals surface area contributed by atoms with Crippen LogP contribution in [0.25, 0.3) is 0 Å². The van der Waals surface area contributed by atoms with E-state index in [1.807, 2.05) is 0 Å². The second kappa shape index (κ2) is 12.8. The molecule has 0 radical (unpaired) electrons. The van der Waals surface area contributed by atoms with Crippen molar-refractivity contribution in [2.45, 2.75) is 101 Å². The topological polar surface area (TPSA) is 57.2 Å². The minimum absolute atomic E-state index is 0.00273. The summed E-state index contributed by atoms with van der Waals surface area (Å²) in [4.78, 5) is 0. The molecule has 0 heterocycles. The Bertz CT molecular complexity index is 857. The van der Waals surface area contributed by atoms with Crippen LogP contribution in [0.5, 0.6) is 0 Å². The van der Waals surface area contributed by atoms with Crippen LogP contribution in [-0.4, -0.2) is 84.4 Å². The van der Waals surface area contributed by atoms with Gasteiger partial charge in [0.15, 0.2) is 10.1 Å². The minimum Gasteiger partial charge on any atom is -0.743 e. The molecule has 0 bridgehead atoms. The molecule has 0 spiro atoms. The number of hydrogen-bond donors (Lipinski definition) is 0. The fourth-order valence-corrected chi connectivity index (χ4v) is 3.70. The number of alkyl halides is 14. The molecule has 0 aromatic heterocycles. The molecular weight excluding hydrogens is 600 g/mol. The Hall–Kier alpha value is -1.11. The van der Waals surface area contributed by atoms with Gasteiger partial charge in [0.1, 0.15) is 0 Å². The molecule has 4 nitrogen and oxygen atoms in total. The van der Waals surface area contributed by atoms with Gasteiger partial charge >= 0.3 is 40.8 Å². The number of nitrogens with zero attached hydrogens (tertiary/aromatic N) is 1. The lowest BCUT2D eigenvalue weighted by molar-refractivity contribution is -0.921. The number of unbranched alkanes of at least 4 members (excludes halogenated alkanes) is 2. The van der Waals surface area contributed by atoms with Crippen molar-refractivity contribution < 1.29 is 78.9 Å². The summed E-state index contributed by atoms with van der Waals surface area (Å²) in [5, 5.41) is -7.72. The molecule has 0 rings (SSSR count). The molecule has 0 aliphatic rings. The second-order valence-corrected chi connectivity index (χ2v) is 10.0. The average molecular weight is 632 g/mol. The summed E-state index contributed by atoms with van der Waals surface area (Å²) < 4.78 is 217. The molecule has 0 saturated heterocycles. The summed E-state index contributed by atoms with van der Waals surface area (Å²) >= 11 is 0. The summed E-state index contributed by atoms with van der Waals surface area (Å²) in [6.07, 6.45) is -3.72. The molecule has 0 aromatic carbocycles. The third kappa shape index (κ3) is 7.04. The summed E-state index contributed by atoms with van der Waals surface area (Å²) in [6.45, 7) is 15.5. The monoisotopic (exact) mass is 631 g/mol. The number of halogens is 14. The number of rotatable bonds is 15. The maximum absolute atomic E-state index is 13.4. The normalized spacial score (nSPS) is 15.2. The van der Waals surface area contributed by atoms with Crippen LogP contribution in [0.4, 0.5) is 61.5 Å². The van der Waals surface area contributed by atoms with Crippen LogP contribution in [0.15, 0.2) is 0 Å². The molecule has 0 aliphatic carbocycles. The lowest BCUT2D eigenvalue weighted by Crippen LogP contribution is -2.73.